The number of benzene rings is 1. The summed E-state index contributed by atoms with van der Waals surface area (Å²) in [4.78, 5) is 5.21. The van der Waals surface area contributed by atoms with Crippen molar-refractivity contribution in [3.8, 4) is 11.5 Å². The van der Waals surface area contributed by atoms with Crippen LogP contribution < -0.4 is 9.47 Å². The van der Waals surface area contributed by atoms with Crippen LogP contribution in [0.3, 0.4) is 0 Å². The third-order valence-corrected chi connectivity index (χ3v) is 3.84. The number of hydrogen-bond acceptors (Lipinski definition) is 4. The summed E-state index contributed by atoms with van der Waals surface area (Å²) in [7, 11) is 0. The lowest BCUT2D eigenvalue weighted by Crippen LogP contribution is -2.07. The van der Waals surface area contributed by atoms with Crippen molar-refractivity contribution in [2.45, 2.75) is 53.4 Å². The first kappa shape index (κ1) is 22.7. The van der Waals surface area contributed by atoms with Crippen LogP contribution in [0.15, 0.2) is 27.9 Å². The molecule has 1 rings (SSSR count). The SMILES string of the molecule is CCc1cc(OCC=C(Cl)Cl)cc(C(C)C)c1OCCCON=C(C)C. The highest BCUT2D eigenvalue weighted by molar-refractivity contribution is 6.55. The molecular formula is C20H29Cl2NO3. The molecule has 0 N–H and O–H groups in total. The van der Waals surface area contributed by atoms with Crippen LogP contribution in [-0.4, -0.2) is 25.5 Å². The first-order valence-electron chi connectivity index (χ1n) is 8.91. The topological polar surface area (TPSA) is 40.0 Å². The molecule has 4 nitrogen and oxygen atoms in total. The summed E-state index contributed by atoms with van der Waals surface area (Å²) in [6.07, 6.45) is 3.25. The molecule has 0 radical (unpaired) electrons. The molecular weight excluding hydrogens is 373 g/mol. The van der Waals surface area contributed by atoms with E-state index in [1.807, 2.05) is 26.0 Å². The minimum atomic E-state index is 0.203. The molecule has 0 unspecified atom stereocenters. The van der Waals surface area contributed by atoms with E-state index in [9.17, 15) is 0 Å². The molecule has 0 aliphatic carbocycles. The third kappa shape index (κ3) is 8.33. The maximum Gasteiger partial charge on any atom is 0.126 e. The second-order valence-electron chi connectivity index (χ2n) is 6.39. The van der Waals surface area contributed by atoms with E-state index in [-0.39, 0.29) is 4.49 Å². The maximum absolute atomic E-state index is 6.09. The van der Waals surface area contributed by atoms with Crippen LogP contribution >= 0.6 is 23.2 Å². The monoisotopic (exact) mass is 401 g/mol. The standard InChI is InChI=1S/C20H29Cl2NO3/c1-6-16-12-17(24-11-8-19(21)22)13-18(14(2)3)20(16)25-9-7-10-26-23-15(4)5/h8,12-14H,6-7,9-11H2,1-5H3. The van der Waals surface area contributed by atoms with E-state index in [1.165, 1.54) is 0 Å². The molecule has 0 amide bonds. The van der Waals surface area contributed by atoms with E-state index >= 15 is 0 Å². The zero-order valence-electron chi connectivity index (χ0n) is 16.3. The van der Waals surface area contributed by atoms with Gasteiger partial charge in [-0.05, 0) is 50.0 Å². The molecule has 0 atom stereocenters. The number of rotatable bonds is 11. The Balaban J connectivity index is 2.82. The van der Waals surface area contributed by atoms with Gasteiger partial charge in [-0.25, -0.2) is 0 Å². The van der Waals surface area contributed by atoms with E-state index in [1.54, 1.807) is 6.08 Å². The molecule has 0 spiro atoms. The first-order valence-corrected chi connectivity index (χ1v) is 9.67. The predicted octanol–water partition coefficient (Wildman–Crippen LogP) is 6.25. The second kappa shape index (κ2) is 12.1. The molecule has 0 saturated carbocycles. The van der Waals surface area contributed by atoms with Gasteiger partial charge in [0.05, 0.1) is 12.3 Å². The fraction of sp³-hybridized carbons (Fsp3) is 0.550. The number of halogens is 2. The van der Waals surface area contributed by atoms with Crippen molar-refractivity contribution in [2.24, 2.45) is 5.16 Å². The summed E-state index contributed by atoms with van der Waals surface area (Å²) < 4.78 is 12.0. The minimum Gasteiger partial charge on any atom is -0.493 e. The lowest BCUT2D eigenvalue weighted by atomic mass is 9.97. The van der Waals surface area contributed by atoms with Crippen molar-refractivity contribution < 1.29 is 14.3 Å². The minimum absolute atomic E-state index is 0.203. The van der Waals surface area contributed by atoms with Crippen LogP contribution in [0.2, 0.25) is 0 Å². The summed E-state index contributed by atoms with van der Waals surface area (Å²) >= 11 is 11.3. The number of oxime groups is 1. The van der Waals surface area contributed by atoms with Gasteiger partial charge in [-0.1, -0.05) is 49.1 Å². The van der Waals surface area contributed by atoms with Crippen molar-refractivity contribution >= 4 is 28.9 Å². The molecule has 0 aliphatic rings. The van der Waals surface area contributed by atoms with Gasteiger partial charge in [-0.15, -0.1) is 0 Å². The smallest absolute Gasteiger partial charge is 0.126 e. The molecule has 146 valence electrons. The van der Waals surface area contributed by atoms with Crippen LogP contribution in [0.4, 0.5) is 0 Å². The van der Waals surface area contributed by atoms with Crippen molar-refractivity contribution in [3.63, 3.8) is 0 Å². The zero-order chi connectivity index (χ0) is 19.5. The Morgan fingerprint density at radius 1 is 1.15 bits per heavy atom. The van der Waals surface area contributed by atoms with Gasteiger partial charge in [0, 0.05) is 12.0 Å². The first-order chi connectivity index (χ1) is 12.3. The van der Waals surface area contributed by atoms with Crippen molar-refractivity contribution in [2.75, 3.05) is 19.8 Å². The average molecular weight is 402 g/mol. The fourth-order valence-corrected chi connectivity index (χ4v) is 2.43. The molecule has 0 saturated heterocycles. The van der Waals surface area contributed by atoms with Gasteiger partial charge in [0.15, 0.2) is 0 Å². The van der Waals surface area contributed by atoms with Crippen LogP contribution in [0.1, 0.15) is 58.1 Å². The Hall–Kier alpha value is -1.39. The van der Waals surface area contributed by atoms with Crippen molar-refractivity contribution in [3.05, 3.63) is 33.8 Å². The van der Waals surface area contributed by atoms with Gasteiger partial charge in [0.2, 0.25) is 0 Å². The number of ether oxygens (including phenoxy) is 2. The van der Waals surface area contributed by atoms with E-state index in [0.29, 0.717) is 25.7 Å². The molecule has 0 bridgehead atoms. The number of aryl methyl sites for hydroxylation is 1. The highest BCUT2D eigenvalue weighted by Crippen LogP contribution is 2.35. The second-order valence-corrected chi connectivity index (χ2v) is 7.40. The van der Waals surface area contributed by atoms with Gasteiger partial charge < -0.3 is 14.3 Å². The molecule has 1 aromatic rings. The Bertz CT molecular complexity index is 620. The summed E-state index contributed by atoms with van der Waals surface area (Å²) in [6.45, 7) is 11.6. The highest BCUT2D eigenvalue weighted by Gasteiger charge is 2.15. The van der Waals surface area contributed by atoms with E-state index in [2.05, 4.69) is 25.9 Å². The van der Waals surface area contributed by atoms with Crippen molar-refractivity contribution in [1.82, 2.24) is 0 Å². The maximum atomic E-state index is 6.09. The van der Waals surface area contributed by atoms with Gasteiger partial charge >= 0.3 is 0 Å². The molecule has 6 heteroatoms. The fourth-order valence-electron chi connectivity index (χ4n) is 2.31. The Morgan fingerprint density at radius 3 is 2.46 bits per heavy atom. The summed E-state index contributed by atoms with van der Waals surface area (Å²) in [5.74, 6) is 2.05. The molecule has 0 aliphatic heterocycles. The normalized spacial score (nSPS) is 10.5. The van der Waals surface area contributed by atoms with Crippen LogP contribution in [0.25, 0.3) is 0 Å². The lowest BCUT2D eigenvalue weighted by Gasteiger charge is -2.19. The molecule has 1 aromatic carbocycles. The average Bonchev–Trinajstić information content (AvgIpc) is 2.57. The summed E-state index contributed by atoms with van der Waals surface area (Å²) in [5.41, 5.74) is 3.15. The molecule has 0 heterocycles. The van der Waals surface area contributed by atoms with E-state index in [4.69, 9.17) is 37.5 Å². The van der Waals surface area contributed by atoms with E-state index < -0.39 is 0 Å². The molecule has 0 aromatic heterocycles. The lowest BCUT2D eigenvalue weighted by molar-refractivity contribution is 0.127. The molecule has 0 fully saturated rings. The van der Waals surface area contributed by atoms with Gasteiger partial charge in [-0.2, -0.15) is 0 Å². The van der Waals surface area contributed by atoms with Crippen LogP contribution in [0.5, 0.6) is 11.5 Å². The zero-order valence-corrected chi connectivity index (χ0v) is 17.8. The third-order valence-electron chi connectivity index (χ3n) is 3.53. The number of hydrogen-bond donors (Lipinski definition) is 0. The molecule has 26 heavy (non-hydrogen) atoms. The largest absolute Gasteiger partial charge is 0.493 e. The van der Waals surface area contributed by atoms with Crippen LogP contribution in [-0.2, 0) is 11.3 Å². The summed E-state index contributed by atoms with van der Waals surface area (Å²) in [5, 5.41) is 3.92. The Kier molecular flexibility index (Phi) is 10.5. The Labute approximate surface area is 167 Å². The van der Waals surface area contributed by atoms with Crippen molar-refractivity contribution in [1.29, 1.82) is 0 Å². The predicted molar refractivity (Wildman–Crippen MR) is 110 cm³/mol. The van der Waals surface area contributed by atoms with Gasteiger partial charge in [0.1, 0.15) is 29.2 Å². The summed E-state index contributed by atoms with van der Waals surface area (Å²) in [6, 6.07) is 4.04. The van der Waals surface area contributed by atoms with Crippen LogP contribution in [0, 0.1) is 0 Å². The van der Waals surface area contributed by atoms with Gasteiger partial charge in [0.25, 0.3) is 0 Å². The van der Waals surface area contributed by atoms with E-state index in [0.717, 1.165) is 41.2 Å². The Morgan fingerprint density at radius 2 is 1.88 bits per heavy atom. The quantitative estimate of drug-likeness (QED) is 0.249. The van der Waals surface area contributed by atoms with Gasteiger partial charge in [-0.3, -0.25) is 0 Å². The highest BCUT2D eigenvalue weighted by atomic mass is 35.5. The number of nitrogens with zero attached hydrogens (tertiary/aromatic N) is 1.